The van der Waals surface area contributed by atoms with Gasteiger partial charge in [-0.1, -0.05) is 32.0 Å². The number of hydrogen-bond donors (Lipinski definition) is 1. The van der Waals surface area contributed by atoms with Crippen LogP contribution in [0.5, 0.6) is 0 Å². The summed E-state index contributed by atoms with van der Waals surface area (Å²) in [4.78, 5) is 0. The second kappa shape index (κ2) is 7.45. The van der Waals surface area contributed by atoms with Crippen LogP contribution in [0.25, 0.3) is 0 Å². The van der Waals surface area contributed by atoms with Gasteiger partial charge in [0.1, 0.15) is 15.8 Å². The van der Waals surface area contributed by atoms with E-state index in [2.05, 4.69) is 29.4 Å². The topological polar surface area (TPSA) is 37.8 Å². The Morgan fingerprint density at radius 3 is 2.70 bits per heavy atom. The molecule has 1 N–H and O–H groups in total. The third kappa shape index (κ3) is 4.65. The van der Waals surface area contributed by atoms with Gasteiger partial charge in [-0.3, -0.25) is 0 Å². The van der Waals surface area contributed by atoms with Crippen molar-refractivity contribution in [2.24, 2.45) is 5.92 Å². The van der Waals surface area contributed by atoms with Gasteiger partial charge in [-0.05, 0) is 24.1 Å². The first kappa shape index (κ1) is 15.1. The zero-order valence-electron chi connectivity index (χ0n) is 11.9. The van der Waals surface area contributed by atoms with Gasteiger partial charge in [0.05, 0.1) is 0 Å². The molecule has 0 aliphatic carbocycles. The minimum absolute atomic E-state index is 0.178. The van der Waals surface area contributed by atoms with E-state index < -0.39 is 0 Å². The Bertz CT molecular complexity index is 539. The van der Waals surface area contributed by atoms with Crippen LogP contribution in [0, 0.1) is 11.7 Å². The number of aromatic nitrogens is 2. The van der Waals surface area contributed by atoms with E-state index in [1.807, 2.05) is 6.07 Å². The third-order valence-electron chi connectivity index (χ3n) is 2.88. The summed E-state index contributed by atoms with van der Waals surface area (Å²) in [6.07, 6.45) is 1.39. The van der Waals surface area contributed by atoms with Crippen molar-refractivity contribution in [3.05, 3.63) is 45.7 Å². The number of halogens is 1. The molecule has 2 rings (SSSR count). The van der Waals surface area contributed by atoms with E-state index in [1.165, 1.54) is 6.07 Å². The molecule has 0 bridgehead atoms. The maximum absolute atomic E-state index is 13.6. The van der Waals surface area contributed by atoms with Crippen LogP contribution >= 0.6 is 11.3 Å². The summed E-state index contributed by atoms with van der Waals surface area (Å²) >= 11 is 1.57. The summed E-state index contributed by atoms with van der Waals surface area (Å²) in [5.41, 5.74) is 0.674. The first-order valence-electron chi connectivity index (χ1n) is 6.90. The molecule has 0 saturated heterocycles. The minimum Gasteiger partial charge on any atom is -0.316 e. The summed E-state index contributed by atoms with van der Waals surface area (Å²) in [6.45, 7) is 6.29. The molecule has 2 aromatic rings. The fourth-order valence-corrected chi connectivity index (χ4v) is 2.72. The minimum atomic E-state index is -0.178. The average molecular weight is 293 g/mol. The smallest absolute Gasteiger partial charge is 0.126 e. The van der Waals surface area contributed by atoms with Crippen molar-refractivity contribution in [2.45, 2.75) is 26.7 Å². The lowest BCUT2D eigenvalue weighted by Gasteiger charge is -2.05. The Hall–Kier alpha value is -1.33. The number of nitrogens with one attached hydrogen (secondary N) is 1. The first-order chi connectivity index (χ1) is 9.65. The van der Waals surface area contributed by atoms with E-state index in [0.29, 0.717) is 17.9 Å². The van der Waals surface area contributed by atoms with Gasteiger partial charge < -0.3 is 5.32 Å². The molecule has 0 unspecified atom stereocenters. The standard InChI is InChI=1S/C15H20FN3S/c1-11(2)10-17-8-7-14-18-19-15(20-14)9-12-5-3-4-6-13(12)16/h3-6,11,17H,7-10H2,1-2H3. The van der Waals surface area contributed by atoms with Crippen LogP contribution in [0.4, 0.5) is 4.39 Å². The maximum Gasteiger partial charge on any atom is 0.126 e. The molecule has 0 radical (unpaired) electrons. The summed E-state index contributed by atoms with van der Waals surface area (Å²) < 4.78 is 13.6. The van der Waals surface area contributed by atoms with Crippen LogP contribution in [0.3, 0.4) is 0 Å². The van der Waals surface area contributed by atoms with Crippen molar-refractivity contribution >= 4 is 11.3 Å². The fourth-order valence-electron chi connectivity index (χ4n) is 1.85. The summed E-state index contributed by atoms with van der Waals surface area (Å²) in [7, 11) is 0. The van der Waals surface area contributed by atoms with Gasteiger partial charge >= 0.3 is 0 Å². The summed E-state index contributed by atoms with van der Waals surface area (Å²) in [6, 6.07) is 6.81. The lowest BCUT2D eigenvalue weighted by atomic mass is 10.1. The van der Waals surface area contributed by atoms with Gasteiger partial charge in [0.2, 0.25) is 0 Å². The quantitative estimate of drug-likeness (QED) is 0.797. The third-order valence-corrected chi connectivity index (χ3v) is 3.86. The highest BCUT2D eigenvalue weighted by Crippen LogP contribution is 2.16. The van der Waals surface area contributed by atoms with E-state index in [4.69, 9.17) is 0 Å². The molecule has 5 heteroatoms. The molecular weight excluding hydrogens is 273 g/mol. The highest BCUT2D eigenvalue weighted by Gasteiger charge is 2.08. The molecule has 0 spiro atoms. The van der Waals surface area contributed by atoms with Gasteiger partial charge in [-0.25, -0.2) is 4.39 Å². The Balaban J connectivity index is 1.85. The van der Waals surface area contributed by atoms with Crippen LogP contribution in [-0.2, 0) is 12.8 Å². The second-order valence-corrected chi connectivity index (χ2v) is 6.35. The first-order valence-corrected chi connectivity index (χ1v) is 7.72. The molecular formula is C15H20FN3S. The van der Waals surface area contributed by atoms with Gasteiger partial charge in [-0.2, -0.15) is 0 Å². The van der Waals surface area contributed by atoms with Crippen LogP contribution in [0.15, 0.2) is 24.3 Å². The molecule has 0 atom stereocenters. The molecule has 1 aromatic carbocycles. The SMILES string of the molecule is CC(C)CNCCc1nnc(Cc2ccccc2F)s1. The Morgan fingerprint density at radius 1 is 1.20 bits per heavy atom. The van der Waals surface area contributed by atoms with Crippen LogP contribution in [0.2, 0.25) is 0 Å². The fraction of sp³-hybridized carbons (Fsp3) is 0.467. The van der Waals surface area contributed by atoms with Gasteiger partial charge in [0.25, 0.3) is 0 Å². The van der Waals surface area contributed by atoms with E-state index in [0.717, 1.165) is 29.5 Å². The number of rotatable bonds is 7. The molecule has 0 aliphatic rings. The molecule has 1 aromatic heterocycles. The largest absolute Gasteiger partial charge is 0.316 e. The van der Waals surface area contributed by atoms with Crippen LogP contribution in [-0.4, -0.2) is 23.3 Å². The van der Waals surface area contributed by atoms with E-state index in [1.54, 1.807) is 23.5 Å². The molecule has 20 heavy (non-hydrogen) atoms. The maximum atomic E-state index is 13.6. The second-order valence-electron chi connectivity index (χ2n) is 5.21. The lowest BCUT2D eigenvalue weighted by molar-refractivity contribution is 0.553. The summed E-state index contributed by atoms with van der Waals surface area (Å²) in [5.74, 6) is 0.476. The molecule has 0 aliphatic heterocycles. The Labute approximate surface area is 123 Å². The zero-order valence-corrected chi connectivity index (χ0v) is 12.7. The molecule has 1 heterocycles. The highest BCUT2D eigenvalue weighted by atomic mass is 32.1. The van der Waals surface area contributed by atoms with Crippen molar-refractivity contribution in [1.29, 1.82) is 0 Å². The van der Waals surface area contributed by atoms with Gasteiger partial charge in [0, 0.05) is 19.4 Å². The van der Waals surface area contributed by atoms with Gasteiger partial charge in [0.15, 0.2) is 0 Å². The Kier molecular flexibility index (Phi) is 5.61. The van der Waals surface area contributed by atoms with Crippen LogP contribution in [0.1, 0.15) is 29.4 Å². The molecule has 3 nitrogen and oxygen atoms in total. The Morgan fingerprint density at radius 2 is 1.95 bits per heavy atom. The normalized spacial score (nSPS) is 11.2. The predicted octanol–water partition coefficient (Wildman–Crippen LogP) is 3.06. The van der Waals surface area contributed by atoms with E-state index >= 15 is 0 Å². The van der Waals surface area contributed by atoms with E-state index in [9.17, 15) is 4.39 Å². The molecule has 0 fully saturated rings. The molecule has 108 valence electrons. The molecule has 0 amide bonds. The highest BCUT2D eigenvalue weighted by molar-refractivity contribution is 7.11. The monoisotopic (exact) mass is 293 g/mol. The van der Waals surface area contributed by atoms with Crippen LogP contribution < -0.4 is 5.32 Å². The van der Waals surface area contributed by atoms with Crippen molar-refractivity contribution < 1.29 is 4.39 Å². The van der Waals surface area contributed by atoms with Crippen molar-refractivity contribution in [3.8, 4) is 0 Å². The average Bonchev–Trinajstić information content (AvgIpc) is 2.85. The van der Waals surface area contributed by atoms with Crippen molar-refractivity contribution in [1.82, 2.24) is 15.5 Å². The molecule has 0 saturated carbocycles. The van der Waals surface area contributed by atoms with Crippen molar-refractivity contribution in [3.63, 3.8) is 0 Å². The van der Waals surface area contributed by atoms with Gasteiger partial charge in [-0.15, -0.1) is 21.5 Å². The number of nitrogens with zero attached hydrogens (tertiary/aromatic N) is 2. The zero-order chi connectivity index (χ0) is 14.4. The lowest BCUT2D eigenvalue weighted by Crippen LogP contribution is -2.22. The van der Waals surface area contributed by atoms with E-state index in [-0.39, 0.29) is 5.82 Å². The number of benzene rings is 1. The summed E-state index contributed by atoms with van der Waals surface area (Å²) in [5, 5.41) is 13.6. The van der Waals surface area contributed by atoms with Crippen molar-refractivity contribution in [2.75, 3.05) is 13.1 Å². The predicted molar refractivity (Wildman–Crippen MR) is 80.5 cm³/mol. The number of hydrogen-bond acceptors (Lipinski definition) is 4.